The predicted octanol–water partition coefficient (Wildman–Crippen LogP) is 4.30. The number of nitrogens with zero attached hydrogens (tertiary/aromatic N) is 5. The summed E-state index contributed by atoms with van der Waals surface area (Å²) in [6.07, 6.45) is 9.53. The molecule has 1 aromatic carbocycles. The van der Waals surface area contributed by atoms with Crippen LogP contribution in [0.2, 0.25) is 0 Å². The Labute approximate surface area is 177 Å². The van der Waals surface area contributed by atoms with Gasteiger partial charge in [-0.3, -0.25) is 0 Å². The molecule has 154 valence electrons. The summed E-state index contributed by atoms with van der Waals surface area (Å²) in [5.41, 5.74) is 5.69. The van der Waals surface area contributed by atoms with Gasteiger partial charge in [0, 0.05) is 30.5 Å². The summed E-state index contributed by atoms with van der Waals surface area (Å²) in [7, 11) is 2.14. The topological polar surface area (TPSA) is 64.0 Å². The molecule has 1 fully saturated rings. The summed E-state index contributed by atoms with van der Waals surface area (Å²) in [6.45, 7) is 9.85. The first-order chi connectivity index (χ1) is 14.6. The van der Waals surface area contributed by atoms with Gasteiger partial charge in [0.2, 0.25) is 5.88 Å². The summed E-state index contributed by atoms with van der Waals surface area (Å²) in [4.78, 5) is 20.5. The molecule has 1 aliphatic rings. The maximum atomic E-state index is 6.12. The minimum Gasteiger partial charge on any atom is -0.473 e. The molecule has 1 saturated heterocycles. The number of aromatic nitrogens is 4. The molecule has 3 aromatic rings. The van der Waals surface area contributed by atoms with Crippen LogP contribution in [0.25, 0.3) is 22.7 Å². The van der Waals surface area contributed by atoms with E-state index < -0.39 is 0 Å². The third kappa shape index (κ3) is 4.24. The van der Waals surface area contributed by atoms with Crippen LogP contribution in [-0.2, 0) is 0 Å². The second kappa shape index (κ2) is 8.71. The van der Waals surface area contributed by atoms with Gasteiger partial charge in [-0.25, -0.2) is 19.9 Å². The van der Waals surface area contributed by atoms with Crippen LogP contribution >= 0.6 is 0 Å². The van der Waals surface area contributed by atoms with E-state index in [1.807, 2.05) is 26.1 Å². The lowest BCUT2D eigenvalue weighted by Crippen LogP contribution is -2.35. The minimum absolute atomic E-state index is 0.199. The molecule has 0 N–H and O–H groups in total. The Kier molecular flexibility index (Phi) is 5.86. The van der Waals surface area contributed by atoms with Crippen molar-refractivity contribution in [2.24, 2.45) is 0 Å². The summed E-state index contributed by atoms with van der Waals surface area (Å²) >= 11 is 0. The van der Waals surface area contributed by atoms with E-state index in [2.05, 4.69) is 51.7 Å². The normalized spacial score (nSPS) is 16.0. The second-order valence-corrected chi connectivity index (χ2v) is 7.67. The molecule has 0 spiro atoms. The maximum Gasteiger partial charge on any atom is 0.233 e. The highest BCUT2D eigenvalue weighted by Crippen LogP contribution is 2.28. The molecule has 0 saturated carbocycles. The van der Waals surface area contributed by atoms with Gasteiger partial charge < -0.3 is 9.64 Å². The van der Waals surface area contributed by atoms with Crippen LogP contribution in [0.3, 0.4) is 0 Å². The number of benzene rings is 1. The van der Waals surface area contributed by atoms with Crippen molar-refractivity contribution >= 4 is 22.7 Å². The molecule has 3 heterocycles. The van der Waals surface area contributed by atoms with E-state index >= 15 is 0 Å². The van der Waals surface area contributed by atoms with Gasteiger partial charge in [-0.2, -0.15) is 0 Å². The largest absolute Gasteiger partial charge is 0.473 e. The van der Waals surface area contributed by atoms with E-state index in [1.165, 1.54) is 0 Å². The Morgan fingerprint density at radius 3 is 2.63 bits per heavy atom. The van der Waals surface area contributed by atoms with Gasteiger partial charge in [0.25, 0.3) is 0 Å². The average Bonchev–Trinajstić information content (AvgIpc) is 2.76. The Bertz CT molecular complexity index is 1100. The molecule has 0 amide bonds. The van der Waals surface area contributed by atoms with Crippen LogP contribution in [0.1, 0.15) is 42.4 Å². The fraction of sp³-hybridized carbons (Fsp3) is 0.333. The first-order valence-corrected chi connectivity index (χ1v) is 10.3. The molecule has 6 heteroatoms. The molecular weight excluding hydrogens is 374 g/mol. The summed E-state index contributed by atoms with van der Waals surface area (Å²) in [5, 5.41) is 0. The van der Waals surface area contributed by atoms with E-state index in [0.717, 1.165) is 59.4 Å². The van der Waals surface area contributed by atoms with E-state index in [-0.39, 0.29) is 6.10 Å². The molecular formula is C24H27N5O. The van der Waals surface area contributed by atoms with Crippen molar-refractivity contribution in [3.05, 3.63) is 65.9 Å². The van der Waals surface area contributed by atoms with Crippen LogP contribution in [0.4, 0.5) is 0 Å². The molecule has 0 radical (unpaired) electrons. The molecule has 6 nitrogen and oxygen atoms in total. The molecule has 30 heavy (non-hydrogen) atoms. The van der Waals surface area contributed by atoms with Gasteiger partial charge in [-0.15, -0.1) is 0 Å². The van der Waals surface area contributed by atoms with E-state index in [0.29, 0.717) is 11.7 Å². The lowest BCUT2D eigenvalue weighted by atomic mass is 9.97. The van der Waals surface area contributed by atoms with Crippen molar-refractivity contribution in [3.63, 3.8) is 0 Å². The fourth-order valence-corrected chi connectivity index (χ4v) is 3.82. The first-order valence-electron chi connectivity index (χ1n) is 10.3. The van der Waals surface area contributed by atoms with Gasteiger partial charge >= 0.3 is 0 Å². The maximum absolute atomic E-state index is 6.12. The lowest BCUT2D eigenvalue weighted by Gasteiger charge is -2.28. The standard InChI is InChI=1S/C24H27N5O/c1-5-19(20-14-26-23(6-2)27-16(20)3)17-7-8-21-22(13-17)28-24(15-25-21)30-18-9-11-29(4)12-10-18/h5-8,13-15,18H,2,9-12H2,1,3-4H3/b19-5-. The van der Waals surface area contributed by atoms with Crippen LogP contribution in [0.5, 0.6) is 5.88 Å². The van der Waals surface area contributed by atoms with Crippen molar-refractivity contribution in [1.82, 2.24) is 24.8 Å². The SMILES string of the molecule is C=Cc1ncc(/C(=C\C)c2ccc3ncc(OC4CCN(C)CC4)nc3c2)c(C)n1. The molecule has 4 rings (SSSR count). The number of likely N-dealkylation sites (tertiary alicyclic amines) is 1. The number of ether oxygens (including phenoxy) is 1. The molecule has 0 atom stereocenters. The monoisotopic (exact) mass is 401 g/mol. The number of aryl methyl sites for hydroxylation is 1. The van der Waals surface area contributed by atoms with Crippen LogP contribution in [0, 0.1) is 6.92 Å². The van der Waals surface area contributed by atoms with E-state index in [9.17, 15) is 0 Å². The highest BCUT2D eigenvalue weighted by Gasteiger charge is 2.19. The second-order valence-electron chi connectivity index (χ2n) is 7.67. The van der Waals surface area contributed by atoms with Crippen LogP contribution < -0.4 is 4.74 Å². The number of fused-ring (bicyclic) bond motifs is 1. The smallest absolute Gasteiger partial charge is 0.233 e. The van der Waals surface area contributed by atoms with Crippen molar-refractivity contribution in [3.8, 4) is 5.88 Å². The van der Waals surface area contributed by atoms with Gasteiger partial charge in [0.15, 0.2) is 5.82 Å². The van der Waals surface area contributed by atoms with Gasteiger partial charge in [-0.05, 0) is 63.1 Å². The van der Waals surface area contributed by atoms with Crippen molar-refractivity contribution in [2.45, 2.75) is 32.8 Å². The van der Waals surface area contributed by atoms with E-state index in [1.54, 1.807) is 12.3 Å². The highest BCUT2D eigenvalue weighted by atomic mass is 16.5. The van der Waals surface area contributed by atoms with Crippen LogP contribution in [-0.4, -0.2) is 51.1 Å². The number of piperidine rings is 1. The Morgan fingerprint density at radius 2 is 1.93 bits per heavy atom. The lowest BCUT2D eigenvalue weighted by molar-refractivity contribution is 0.110. The zero-order valence-electron chi connectivity index (χ0n) is 17.8. The van der Waals surface area contributed by atoms with Crippen LogP contribution in [0.15, 0.2) is 43.2 Å². The minimum atomic E-state index is 0.199. The number of hydrogen-bond donors (Lipinski definition) is 0. The number of allylic oxidation sites excluding steroid dienone is 1. The highest BCUT2D eigenvalue weighted by molar-refractivity contribution is 5.86. The predicted molar refractivity (Wildman–Crippen MR) is 120 cm³/mol. The summed E-state index contributed by atoms with van der Waals surface area (Å²) in [6, 6.07) is 6.11. The van der Waals surface area contributed by atoms with Crippen molar-refractivity contribution in [2.75, 3.05) is 20.1 Å². The summed E-state index contributed by atoms with van der Waals surface area (Å²) in [5.74, 6) is 1.22. The molecule has 0 aliphatic carbocycles. The summed E-state index contributed by atoms with van der Waals surface area (Å²) < 4.78 is 6.12. The quantitative estimate of drug-likeness (QED) is 0.635. The van der Waals surface area contributed by atoms with Gasteiger partial charge in [0.05, 0.1) is 17.2 Å². The fourth-order valence-electron chi connectivity index (χ4n) is 3.82. The Hall–Kier alpha value is -3.12. The third-order valence-electron chi connectivity index (χ3n) is 5.54. The molecule has 2 aromatic heterocycles. The zero-order valence-corrected chi connectivity index (χ0v) is 17.8. The molecule has 1 aliphatic heterocycles. The Balaban J connectivity index is 1.63. The van der Waals surface area contributed by atoms with Gasteiger partial charge in [0.1, 0.15) is 6.10 Å². The number of hydrogen-bond acceptors (Lipinski definition) is 6. The zero-order chi connectivity index (χ0) is 21.1. The van der Waals surface area contributed by atoms with Crippen molar-refractivity contribution < 1.29 is 4.74 Å². The molecule has 0 unspecified atom stereocenters. The van der Waals surface area contributed by atoms with Gasteiger partial charge in [-0.1, -0.05) is 18.7 Å². The Morgan fingerprint density at radius 1 is 1.13 bits per heavy atom. The molecule has 0 bridgehead atoms. The third-order valence-corrected chi connectivity index (χ3v) is 5.54. The van der Waals surface area contributed by atoms with E-state index in [4.69, 9.17) is 9.72 Å². The first kappa shape index (κ1) is 20.2. The average molecular weight is 402 g/mol. The number of rotatable bonds is 5. The van der Waals surface area contributed by atoms with Crippen molar-refractivity contribution in [1.29, 1.82) is 0 Å².